The quantitative estimate of drug-likeness (QED) is 0.697. The lowest BCUT2D eigenvalue weighted by atomic mass is 9.90. The topological polar surface area (TPSA) is 66.1 Å². The molecule has 0 aliphatic carbocycles. The lowest BCUT2D eigenvalue weighted by molar-refractivity contribution is -0.127. The van der Waals surface area contributed by atoms with Gasteiger partial charge < -0.3 is 4.90 Å². The van der Waals surface area contributed by atoms with Gasteiger partial charge >= 0.3 is 0 Å². The SMILES string of the molecule is CCc1cn[nH]c1C1CCN(C(=O)C(=O)c2ccccc2)CC1. The van der Waals surface area contributed by atoms with Gasteiger partial charge in [-0.15, -0.1) is 0 Å². The highest BCUT2D eigenvalue weighted by Crippen LogP contribution is 2.29. The number of rotatable bonds is 4. The van der Waals surface area contributed by atoms with Gasteiger partial charge in [0.05, 0.1) is 6.20 Å². The van der Waals surface area contributed by atoms with Gasteiger partial charge in [0.25, 0.3) is 5.91 Å². The number of hydrogen-bond donors (Lipinski definition) is 1. The number of benzene rings is 1. The molecule has 120 valence electrons. The second kappa shape index (κ2) is 6.77. The van der Waals surface area contributed by atoms with Gasteiger partial charge in [-0.05, 0) is 24.8 Å². The minimum Gasteiger partial charge on any atom is -0.336 e. The van der Waals surface area contributed by atoms with Crippen LogP contribution in [0, 0.1) is 0 Å². The molecule has 0 atom stereocenters. The zero-order chi connectivity index (χ0) is 16.2. The fourth-order valence-electron chi connectivity index (χ4n) is 3.18. The number of H-pyrrole nitrogens is 1. The molecule has 1 fully saturated rings. The van der Waals surface area contributed by atoms with Gasteiger partial charge in [-0.1, -0.05) is 37.3 Å². The van der Waals surface area contributed by atoms with Crippen LogP contribution in [0.25, 0.3) is 0 Å². The summed E-state index contributed by atoms with van der Waals surface area (Å²) in [6.45, 7) is 3.35. The van der Waals surface area contributed by atoms with Crippen LogP contribution in [0.2, 0.25) is 0 Å². The van der Waals surface area contributed by atoms with Crippen LogP contribution in [0.4, 0.5) is 0 Å². The number of Topliss-reactive ketones (excluding diaryl/α,β-unsaturated/α-hetero) is 1. The molecule has 0 radical (unpaired) electrons. The Hall–Kier alpha value is -2.43. The van der Waals surface area contributed by atoms with Crippen molar-refractivity contribution in [2.45, 2.75) is 32.1 Å². The molecule has 1 aromatic carbocycles. The Morgan fingerprint density at radius 1 is 1.22 bits per heavy atom. The lowest BCUT2D eigenvalue weighted by Gasteiger charge is -2.31. The number of piperidine rings is 1. The van der Waals surface area contributed by atoms with E-state index >= 15 is 0 Å². The Morgan fingerprint density at radius 2 is 1.91 bits per heavy atom. The second-order valence-electron chi connectivity index (χ2n) is 5.92. The molecule has 1 N–H and O–H groups in total. The van der Waals surface area contributed by atoms with Crippen LogP contribution in [-0.2, 0) is 11.2 Å². The molecule has 3 rings (SSSR count). The third-order valence-corrected chi connectivity index (χ3v) is 4.55. The van der Waals surface area contributed by atoms with Gasteiger partial charge in [0.1, 0.15) is 0 Å². The molecule has 0 spiro atoms. The molecule has 23 heavy (non-hydrogen) atoms. The van der Waals surface area contributed by atoms with Gasteiger partial charge in [0.15, 0.2) is 0 Å². The number of likely N-dealkylation sites (tertiary alicyclic amines) is 1. The summed E-state index contributed by atoms with van der Waals surface area (Å²) >= 11 is 0. The van der Waals surface area contributed by atoms with Crippen LogP contribution in [0.1, 0.15) is 47.3 Å². The van der Waals surface area contributed by atoms with E-state index in [0.29, 0.717) is 24.6 Å². The maximum Gasteiger partial charge on any atom is 0.294 e. The number of aryl methyl sites for hydroxylation is 1. The van der Waals surface area contributed by atoms with Crippen LogP contribution in [0.3, 0.4) is 0 Å². The molecule has 5 heteroatoms. The number of carbonyl (C=O) groups is 2. The zero-order valence-electron chi connectivity index (χ0n) is 13.3. The maximum absolute atomic E-state index is 12.4. The lowest BCUT2D eigenvalue weighted by Crippen LogP contribution is -2.41. The standard InChI is InChI=1S/C18H21N3O2/c1-2-13-12-19-20-16(13)14-8-10-21(11-9-14)18(23)17(22)15-6-4-3-5-7-15/h3-7,12,14H,2,8-11H2,1H3,(H,19,20). The summed E-state index contributed by atoms with van der Waals surface area (Å²) in [6.07, 6.45) is 4.56. The maximum atomic E-state index is 12.4. The number of nitrogens with zero attached hydrogens (tertiary/aromatic N) is 2. The van der Waals surface area contributed by atoms with Gasteiger partial charge in [-0.2, -0.15) is 5.10 Å². The average Bonchev–Trinajstić information content (AvgIpc) is 3.10. The summed E-state index contributed by atoms with van der Waals surface area (Å²) in [6, 6.07) is 8.76. The number of ketones is 1. The summed E-state index contributed by atoms with van der Waals surface area (Å²) in [5.74, 6) is -0.418. The van der Waals surface area contributed by atoms with Crippen LogP contribution in [0.15, 0.2) is 36.5 Å². The minimum absolute atomic E-state index is 0.392. The highest BCUT2D eigenvalue weighted by Gasteiger charge is 2.29. The molecule has 1 saturated heterocycles. The molecule has 1 aliphatic heterocycles. The molecule has 2 heterocycles. The number of aromatic nitrogens is 2. The van der Waals surface area contributed by atoms with E-state index in [-0.39, 0.29) is 0 Å². The van der Waals surface area contributed by atoms with E-state index in [1.54, 1.807) is 29.2 Å². The van der Waals surface area contributed by atoms with Gasteiger partial charge in [0.2, 0.25) is 5.78 Å². The van der Waals surface area contributed by atoms with E-state index < -0.39 is 11.7 Å². The summed E-state index contributed by atoms with van der Waals surface area (Å²) in [4.78, 5) is 26.3. The molecular formula is C18H21N3O2. The van der Waals surface area contributed by atoms with E-state index in [1.807, 2.05) is 12.3 Å². The van der Waals surface area contributed by atoms with Gasteiger partial charge in [-0.25, -0.2) is 0 Å². The van der Waals surface area contributed by atoms with Crippen LogP contribution in [0.5, 0.6) is 0 Å². The van der Waals surface area contributed by atoms with Crippen molar-refractivity contribution in [1.82, 2.24) is 15.1 Å². The summed E-state index contributed by atoms with van der Waals surface area (Å²) in [5.41, 5.74) is 2.89. The van der Waals surface area contributed by atoms with Crippen LogP contribution < -0.4 is 0 Å². The van der Waals surface area contributed by atoms with Crippen molar-refractivity contribution >= 4 is 11.7 Å². The fourth-order valence-corrected chi connectivity index (χ4v) is 3.18. The van der Waals surface area contributed by atoms with Crippen molar-refractivity contribution < 1.29 is 9.59 Å². The number of hydrogen-bond acceptors (Lipinski definition) is 3. The second-order valence-corrected chi connectivity index (χ2v) is 5.92. The highest BCUT2D eigenvalue weighted by atomic mass is 16.2. The number of aromatic amines is 1. The van der Waals surface area contributed by atoms with Crippen LogP contribution >= 0.6 is 0 Å². The van der Waals surface area contributed by atoms with Crippen molar-refractivity contribution in [2.75, 3.05) is 13.1 Å². The number of amides is 1. The van der Waals surface area contributed by atoms with E-state index in [9.17, 15) is 9.59 Å². The molecule has 2 aromatic rings. The predicted molar refractivity (Wildman–Crippen MR) is 87.3 cm³/mol. The Labute approximate surface area is 135 Å². The molecule has 1 aromatic heterocycles. The van der Waals surface area contributed by atoms with E-state index in [1.165, 1.54) is 11.3 Å². The molecule has 0 bridgehead atoms. The molecule has 1 amide bonds. The first kappa shape index (κ1) is 15.5. The summed E-state index contributed by atoms with van der Waals surface area (Å²) in [7, 11) is 0. The molecule has 1 aliphatic rings. The Morgan fingerprint density at radius 3 is 2.57 bits per heavy atom. The Balaban J connectivity index is 1.63. The van der Waals surface area contributed by atoms with E-state index in [2.05, 4.69) is 17.1 Å². The highest BCUT2D eigenvalue weighted by molar-refractivity contribution is 6.42. The smallest absolute Gasteiger partial charge is 0.294 e. The van der Waals surface area contributed by atoms with Gasteiger partial charge in [-0.3, -0.25) is 14.7 Å². The van der Waals surface area contributed by atoms with Crippen molar-refractivity contribution in [3.63, 3.8) is 0 Å². The molecule has 5 nitrogen and oxygen atoms in total. The first-order chi connectivity index (χ1) is 11.2. The normalized spacial score (nSPS) is 15.6. The molecule has 0 unspecified atom stereocenters. The third-order valence-electron chi connectivity index (χ3n) is 4.55. The third kappa shape index (κ3) is 3.18. The van der Waals surface area contributed by atoms with Crippen molar-refractivity contribution in [3.05, 3.63) is 53.3 Å². The van der Waals surface area contributed by atoms with Gasteiger partial charge in [0, 0.05) is 30.3 Å². The van der Waals surface area contributed by atoms with Crippen molar-refractivity contribution in [2.24, 2.45) is 0 Å². The number of nitrogens with one attached hydrogen (secondary N) is 1. The van der Waals surface area contributed by atoms with Crippen molar-refractivity contribution in [3.8, 4) is 0 Å². The van der Waals surface area contributed by atoms with Crippen molar-refractivity contribution in [1.29, 1.82) is 0 Å². The number of carbonyl (C=O) groups excluding carboxylic acids is 2. The zero-order valence-corrected chi connectivity index (χ0v) is 13.3. The predicted octanol–water partition coefficient (Wildman–Crippen LogP) is 2.56. The van der Waals surface area contributed by atoms with Crippen LogP contribution in [-0.4, -0.2) is 39.9 Å². The fraction of sp³-hybridized carbons (Fsp3) is 0.389. The van der Waals surface area contributed by atoms with E-state index in [4.69, 9.17) is 0 Å². The first-order valence-electron chi connectivity index (χ1n) is 8.11. The summed E-state index contributed by atoms with van der Waals surface area (Å²) < 4.78 is 0. The van der Waals surface area contributed by atoms with E-state index in [0.717, 1.165) is 19.3 Å². The Kier molecular flexibility index (Phi) is 4.55. The molecular weight excluding hydrogens is 290 g/mol. The average molecular weight is 311 g/mol. The molecule has 0 saturated carbocycles. The Bertz CT molecular complexity index is 685. The first-order valence-corrected chi connectivity index (χ1v) is 8.11. The summed E-state index contributed by atoms with van der Waals surface area (Å²) in [5, 5.41) is 7.23. The monoisotopic (exact) mass is 311 g/mol. The minimum atomic E-state index is -0.417. The largest absolute Gasteiger partial charge is 0.336 e.